The Morgan fingerprint density at radius 3 is 2.32 bits per heavy atom. The van der Waals surface area contributed by atoms with Crippen LogP contribution in [0.2, 0.25) is 0 Å². The fourth-order valence-electron chi connectivity index (χ4n) is 3.72. The Kier molecular flexibility index (Phi) is 2.31. The van der Waals surface area contributed by atoms with E-state index in [1.165, 1.54) is 10.8 Å². The van der Waals surface area contributed by atoms with Crippen molar-refractivity contribution in [3.8, 4) is 0 Å². The Morgan fingerprint density at radius 2 is 1.68 bits per heavy atom. The Morgan fingerprint density at radius 1 is 1.05 bits per heavy atom. The Labute approximate surface area is 113 Å². The summed E-state index contributed by atoms with van der Waals surface area (Å²) < 4.78 is 0. The summed E-state index contributed by atoms with van der Waals surface area (Å²) in [4.78, 5) is 11.5. The summed E-state index contributed by atoms with van der Waals surface area (Å²) in [6.45, 7) is 6.18. The van der Waals surface area contributed by atoms with Gasteiger partial charge in [0.15, 0.2) is 0 Å². The molecule has 1 aliphatic rings. The SMILES string of the molecule is CC1(C)C(C(=O)O)C1(C)c1cccc2ccccc12. The van der Waals surface area contributed by atoms with Crippen LogP contribution in [0.5, 0.6) is 0 Å². The van der Waals surface area contributed by atoms with E-state index in [9.17, 15) is 9.90 Å². The van der Waals surface area contributed by atoms with Gasteiger partial charge in [-0.3, -0.25) is 4.79 Å². The van der Waals surface area contributed by atoms with E-state index < -0.39 is 5.97 Å². The summed E-state index contributed by atoms with van der Waals surface area (Å²) in [7, 11) is 0. The van der Waals surface area contributed by atoms with E-state index in [-0.39, 0.29) is 16.7 Å². The number of rotatable bonds is 2. The van der Waals surface area contributed by atoms with Gasteiger partial charge in [-0.15, -0.1) is 0 Å². The minimum absolute atomic E-state index is 0.205. The van der Waals surface area contributed by atoms with Crippen LogP contribution in [0.25, 0.3) is 10.8 Å². The fraction of sp³-hybridized carbons (Fsp3) is 0.353. The van der Waals surface area contributed by atoms with Gasteiger partial charge >= 0.3 is 5.97 Å². The molecule has 1 aliphatic carbocycles. The van der Waals surface area contributed by atoms with Gasteiger partial charge in [-0.2, -0.15) is 0 Å². The first-order valence-corrected chi connectivity index (χ1v) is 6.62. The van der Waals surface area contributed by atoms with E-state index in [2.05, 4.69) is 31.2 Å². The predicted molar refractivity (Wildman–Crippen MR) is 76.2 cm³/mol. The first-order valence-electron chi connectivity index (χ1n) is 6.62. The molecule has 2 aromatic carbocycles. The van der Waals surface area contributed by atoms with Gasteiger partial charge in [-0.25, -0.2) is 0 Å². The van der Waals surface area contributed by atoms with Crippen molar-refractivity contribution in [1.29, 1.82) is 0 Å². The zero-order valence-electron chi connectivity index (χ0n) is 11.5. The molecule has 0 radical (unpaired) electrons. The molecule has 0 spiro atoms. The third kappa shape index (κ3) is 1.40. The predicted octanol–water partition coefficient (Wildman–Crippen LogP) is 3.84. The molecule has 98 valence electrons. The minimum Gasteiger partial charge on any atom is -0.481 e. The highest BCUT2D eigenvalue weighted by atomic mass is 16.4. The number of carbonyl (C=O) groups is 1. The average molecular weight is 254 g/mol. The Hall–Kier alpha value is -1.83. The number of benzene rings is 2. The van der Waals surface area contributed by atoms with Crippen LogP contribution in [0.1, 0.15) is 26.3 Å². The molecule has 2 heteroatoms. The summed E-state index contributed by atoms with van der Waals surface area (Å²) in [6.07, 6.45) is 0. The highest BCUT2D eigenvalue weighted by Crippen LogP contribution is 2.69. The molecule has 1 fully saturated rings. The van der Waals surface area contributed by atoms with Crippen molar-refractivity contribution >= 4 is 16.7 Å². The fourth-order valence-corrected chi connectivity index (χ4v) is 3.72. The summed E-state index contributed by atoms with van der Waals surface area (Å²) in [5.41, 5.74) is 0.658. The number of carboxylic acids is 1. The lowest BCUT2D eigenvalue weighted by atomic mass is 9.86. The van der Waals surface area contributed by atoms with Crippen LogP contribution < -0.4 is 0 Å². The zero-order valence-corrected chi connectivity index (χ0v) is 11.5. The molecule has 3 rings (SSSR count). The Bertz CT molecular complexity index is 667. The lowest BCUT2D eigenvalue weighted by molar-refractivity contribution is -0.139. The monoisotopic (exact) mass is 254 g/mol. The molecule has 0 aliphatic heterocycles. The lowest BCUT2D eigenvalue weighted by Crippen LogP contribution is -2.12. The summed E-state index contributed by atoms with van der Waals surface area (Å²) >= 11 is 0. The molecule has 0 bridgehead atoms. The van der Waals surface area contributed by atoms with Gasteiger partial charge in [0.1, 0.15) is 0 Å². The number of carboxylic acid groups (broad SMARTS) is 1. The molecule has 0 heterocycles. The molecule has 1 saturated carbocycles. The van der Waals surface area contributed by atoms with E-state index in [4.69, 9.17) is 0 Å². The third-order valence-corrected chi connectivity index (χ3v) is 5.15. The van der Waals surface area contributed by atoms with Gasteiger partial charge < -0.3 is 5.11 Å². The first-order chi connectivity index (χ1) is 8.90. The van der Waals surface area contributed by atoms with Crippen LogP contribution in [-0.2, 0) is 10.2 Å². The second-order valence-electron chi connectivity index (χ2n) is 6.22. The number of hydrogen-bond donors (Lipinski definition) is 1. The van der Waals surface area contributed by atoms with Crippen LogP contribution in [-0.4, -0.2) is 11.1 Å². The topological polar surface area (TPSA) is 37.3 Å². The molecule has 0 saturated heterocycles. The van der Waals surface area contributed by atoms with Crippen molar-refractivity contribution in [3.05, 3.63) is 48.0 Å². The maximum atomic E-state index is 11.5. The molecule has 2 unspecified atom stereocenters. The average Bonchev–Trinajstić information content (AvgIpc) is 2.83. The van der Waals surface area contributed by atoms with Gasteiger partial charge in [0.2, 0.25) is 0 Å². The highest BCUT2D eigenvalue weighted by molar-refractivity contribution is 5.90. The van der Waals surface area contributed by atoms with Crippen LogP contribution in [0.4, 0.5) is 0 Å². The largest absolute Gasteiger partial charge is 0.481 e. The third-order valence-electron chi connectivity index (χ3n) is 5.15. The van der Waals surface area contributed by atoms with E-state index in [1.54, 1.807) is 0 Å². The van der Waals surface area contributed by atoms with Gasteiger partial charge in [0.05, 0.1) is 5.92 Å². The van der Waals surface area contributed by atoms with Gasteiger partial charge in [0, 0.05) is 5.41 Å². The zero-order chi connectivity index (χ0) is 13.8. The van der Waals surface area contributed by atoms with Crippen molar-refractivity contribution in [2.24, 2.45) is 11.3 Å². The maximum absolute atomic E-state index is 11.5. The summed E-state index contributed by atoms with van der Waals surface area (Å²) in [6, 6.07) is 14.4. The van der Waals surface area contributed by atoms with E-state index in [0.29, 0.717) is 0 Å². The van der Waals surface area contributed by atoms with Crippen molar-refractivity contribution in [1.82, 2.24) is 0 Å². The molecule has 2 aromatic rings. The quantitative estimate of drug-likeness (QED) is 0.884. The number of fused-ring (bicyclic) bond motifs is 1. The van der Waals surface area contributed by atoms with Gasteiger partial charge in [-0.05, 0) is 21.8 Å². The Balaban J connectivity index is 2.24. The van der Waals surface area contributed by atoms with Crippen LogP contribution in [0.15, 0.2) is 42.5 Å². The van der Waals surface area contributed by atoms with Crippen molar-refractivity contribution in [2.45, 2.75) is 26.2 Å². The van der Waals surface area contributed by atoms with Crippen LogP contribution >= 0.6 is 0 Å². The molecular weight excluding hydrogens is 236 g/mol. The van der Waals surface area contributed by atoms with Crippen molar-refractivity contribution < 1.29 is 9.90 Å². The minimum atomic E-state index is -0.694. The maximum Gasteiger partial charge on any atom is 0.307 e. The van der Waals surface area contributed by atoms with Crippen molar-refractivity contribution in [2.75, 3.05) is 0 Å². The lowest BCUT2D eigenvalue weighted by Gasteiger charge is -2.17. The summed E-state index contributed by atoms with van der Waals surface area (Å²) in [5.74, 6) is -1.01. The highest BCUT2D eigenvalue weighted by Gasteiger charge is 2.72. The standard InChI is InChI=1S/C17H18O2/c1-16(2)14(15(18)19)17(16,3)13-10-6-8-11-7-4-5-9-12(11)13/h4-10,14H,1-3H3,(H,18,19). The normalized spacial score (nSPS) is 28.3. The van der Waals surface area contributed by atoms with Gasteiger partial charge in [-0.1, -0.05) is 63.2 Å². The smallest absolute Gasteiger partial charge is 0.307 e. The molecule has 1 N–H and O–H groups in total. The molecule has 2 nitrogen and oxygen atoms in total. The molecule has 0 aromatic heterocycles. The number of aliphatic carboxylic acids is 1. The second kappa shape index (κ2) is 3.60. The van der Waals surface area contributed by atoms with E-state index in [0.717, 1.165) is 5.56 Å². The molecule has 2 atom stereocenters. The molecular formula is C17H18O2. The van der Waals surface area contributed by atoms with Crippen molar-refractivity contribution in [3.63, 3.8) is 0 Å². The van der Waals surface area contributed by atoms with Crippen LogP contribution in [0, 0.1) is 11.3 Å². The second-order valence-corrected chi connectivity index (χ2v) is 6.22. The van der Waals surface area contributed by atoms with Crippen LogP contribution in [0.3, 0.4) is 0 Å². The molecule has 19 heavy (non-hydrogen) atoms. The van der Waals surface area contributed by atoms with E-state index in [1.807, 2.05) is 32.0 Å². The summed E-state index contributed by atoms with van der Waals surface area (Å²) in [5, 5.41) is 11.8. The van der Waals surface area contributed by atoms with Gasteiger partial charge in [0.25, 0.3) is 0 Å². The molecule has 0 amide bonds. The van der Waals surface area contributed by atoms with E-state index >= 15 is 0 Å². The first kappa shape index (κ1) is 12.2. The number of hydrogen-bond acceptors (Lipinski definition) is 1.